The van der Waals surface area contributed by atoms with E-state index in [1.165, 1.54) is 5.56 Å². The molecule has 3 aromatic rings. The highest BCUT2D eigenvalue weighted by Gasteiger charge is 2.23. The maximum atomic E-state index is 6.23. The molecule has 1 saturated heterocycles. The summed E-state index contributed by atoms with van der Waals surface area (Å²) in [5.41, 5.74) is 2.20. The first-order valence-corrected chi connectivity index (χ1v) is 9.05. The Morgan fingerprint density at radius 1 is 1.17 bits per heavy atom. The van der Waals surface area contributed by atoms with Gasteiger partial charge in [-0.2, -0.15) is 0 Å². The van der Waals surface area contributed by atoms with Crippen molar-refractivity contribution in [1.29, 1.82) is 0 Å². The molecule has 0 saturated carbocycles. The number of fused-ring (bicyclic) bond motifs is 1. The molecule has 1 aromatic carbocycles. The van der Waals surface area contributed by atoms with E-state index in [2.05, 4.69) is 39.4 Å². The van der Waals surface area contributed by atoms with Crippen molar-refractivity contribution in [1.82, 2.24) is 19.9 Å². The highest BCUT2D eigenvalue weighted by atomic mass is 32.2. The van der Waals surface area contributed by atoms with E-state index in [1.54, 1.807) is 16.4 Å². The Morgan fingerprint density at radius 2 is 2.00 bits per heavy atom. The molecule has 0 amide bonds. The first-order valence-electron chi connectivity index (χ1n) is 8.06. The van der Waals surface area contributed by atoms with Gasteiger partial charge in [0.05, 0.1) is 5.52 Å². The van der Waals surface area contributed by atoms with Crippen molar-refractivity contribution in [3.8, 4) is 0 Å². The summed E-state index contributed by atoms with van der Waals surface area (Å²) in [6, 6.07) is 10.3. The Bertz CT molecular complexity index is 839. The van der Waals surface area contributed by atoms with Gasteiger partial charge >= 0.3 is 0 Å². The Balaban J connectivity index is 1.52. The maximum Gasteiger partial charge on any atom is 0.210 e. The first kappa shape index (κ1) is 15.4. The van der Waals surface area contributed by atoms with Crippen LogP contribution in [0.2, 0.25) is 0 Å². The third kappa shape index (κ3) is 2.97. The van der Waals surface area contributed by atoms with Crippen LogP contribution in [-0.4, -0.2) is 33.1 Å². The van der Waals surface area contributed by atoms with Crippen molar-refractivity contribution in [2.75, 3.05) is 19.1 Å². The van der Waals surface area contributed by atoms with E-state index in [1.807, 2.05) is 12.3 Å². The second-order valence-corrected chi connectivity index (χ2v) is 6.82. The van der Waals surface area contributed by atoms with Gasteiger partial charge in [-0.3, -0.25) is 4.98 Å². The predicted octanol–water partition coefficient (Wildman–Crippen LogP) is 2.73. The number of rotatable bonds is 4. The predicted molar refractivity (Wildman–Crippen MR) is 94.3 cm³/mol. The molecule has 0 radical (unpaired) electrons. The lowest BCUT2D eigenvalue weighted by atomic mass is 10.00. The number of nitrogen functional groups attached to an aromatic ring is 1. The first-order chi connectivity index (χ1) is 11.8. The topological polar surface area (TPSA) is 78.9 Å². The smallest absolute Gasteiger partial charge is 0.210 e. The van der Waals surface area contributed by atoms with Gasteiger partial charge < -0.3 is 10.6 Å². The van der Waals surface area contributed by atoms with Crippen LogP contribution in [0.5, 0.6) is 0 Å². The highest BCUT2D eigenvalue weighted by molar-refractivity contribution is 7.98. The summed E-state index contributed by atoms with van der Waals surface area (Å²) in [6.07, 6.45) is 3.73. The third-order valence-electron chi connectivity index (χ3n) is 4.35. The molecule has 0 spiro atoms. The average Bonchev–Trinajstić information content (AvgIpc) is 3.01. The Hall–Kier alpha value is -2.12. The minimum absolute atomic E-state index is 0.338. The van der Waals surface area contributed by atoms with E-state index in [4.69, 9.17) is 10.6 Å². The van der Waals surface area contributed by atoms with Gasteiger partial charge in [0.25, 0.3) is 0 Å². The number of hydrogen-bond acceptors (Lipinski definition) is 6. The number of hydrogen-bond donors (Lipinski definition) is 1. The summed E-state index contributed by atoms with van der Waals surface area (Å²) in [5.74, 6) is 8.18. The summed E-state index contributed by atoms with van der Waals surface area (Å²) >= 11 is 1.59. The van der Waals surface area contributed by atoms with Crippen LogP contribution in [0, 0.1) is 0 Å². The van der Waals surface area contributed by atoms with Crippen LogP contribution < -0.4 is 5.84 Å². The molecule has 2 aromatic heterocycles. The number of nitrogens with zero attached hydrogens (tertiary/aromatic N) is 4. The van der Waals surface area contributed by atoms with Crippen molar-refractivity contribution in [2.24, 2.45) is 0 Å². The zero-order valence-corrected chi connectivity index (χ0v) is 14.1. The molecule has 0 atom stereocenters. The van der Waals surface area contributed by atoms with Gasteiger partial charge in [-0.05, 0) is 24.5 Å². The monoisotopic (exact) mass is 341 g/mol. The van der Waals surface area contributed by atoms with Gasteiger partial charge in [0.15, 0.2) is 5.82 Å². The summed E-state index contributed by atoms with van der Waals surface area (Å²) in [5, 5.41) is 10.5. The number of benzene rings is 1. The van der Waals surface area contributed by atoms with Gasteiger partial charge in [0, 0.05) is 36.5 Å². The van der Waals surface area contributed by atoms with Crippen molar-refractivity contribution < 1.29 is 4.74 Å². The lowest BCUT2D eigenvalue weighted by Gasteiger charge is -2.20. The zero-order valence-electron chi connectivity index (χ0n) is 13.3. The van der Waals surface area contributed by atoms with Gasteiger partial charge in [-0.15, -0.1) is 10.2 Å². The number of nitrogens with two attached hydrogens (primary N) is 1. The fourth-order valence-electron chi connectivity index (χ4n) is 3.05. The van der Waals surface area contributed by atoms with Gasteiger partial charge in [0.2, 0.25) is 5.16 Å². The number of pyridine rings is 1. The third-order valence-corrected chi connectivity index (χ3v) is 5.34. The molecule has 4 rings (SSSR count). The van der Waals surface area contributed by atoms with Crippen LogP contribution in [0.25, 0.3) is 10.9 Å². The lowest BCUT2D eigenvalue weighted by Crippen LogP contribution is -2.22. The molecule has 0 unspecified atom stereocenters. The standard InChI is InChI=1S/C17H19N5OS/c18-22-16(13-6-9-23-10-7-13)20-21-17(22)24-11-14-4-1-3-12-5-2-8-19-15(12)14/h1-5,8,13H,6-7,9-11,18H2. The van der Waals surface area contributed by atoms with E-state index in [0.717, 1.165) is 53.7 Å². The average molecular weight is 341 g/mol. The molecule has 0 aliphatic carbocycles. The molecule has 2 N–H and O–H groups in total. The van der Waals surface area contributed by atoms with Crippen molar-refractivity contribution in [3.05, 3.63) is 47.9 Å². The number of aromatic nitrogens is 4. The fourth-order valence-corrected chi connectivity index (χ4v) is 3.90. The van der Waals surface area contributed by atoms with E-state index in [-0.39, 0.29) is 0 Å². The van der Waals surface area contributed by atoms with Gasteiger partial charge in [0.1, 0.15) is 0 Å². The molecule has 1 fully saturated rings. The van der Waals surface area contributed by atoms with E-state index < -0.39 is 0 Å². The largest absolute Gasteiger partial charge is 0.381 e. The number of para-hydroxylation sites is 1. The second kappa shape index (κ2) is 6.78. The molecular weight excluding hydrogens is 322 g/mol. The molecule has 7 heteroatoms. The van der Waals surface area contributed by atoms with Crippen molar-refractivity contribution in [3.63, 3.8) is 0 Å². The Kier molecular flexibility index (Phi) is 4.36. The van der Waals surface area contributed by atoms with Crippen LogP contribution in [0.4, 0.5) is 0 Å². The summed E-state index contributed by atoms with van der Waals surface area (Å²) in [6.45, 7) is 1.53. The minimum atomic E-state index is 0.338. The summed E-state index contributed by atoms with van der Waals surface area (Å²) < 4.78 is 7.04. The molecule has 124 valence electrons. The van der Waals surface area contributed by atoms with Crippen LogP contribution in [0.1, 0.15) is 30.1 Å². The minimum Gasteiger partial charge on any atom is -0.381 e. The van der Waals surface area contributed by atoms with Crippen LogP contribution in [-0.2, 0) is 10.5 Å². The van der Waals surface area contributed by atoms with E-state index >= 15 is 0 Å². The second-order valence-electron chi connectivity index (χ2n) is 5.88. The summed E-state index contributed by atoms with van der Waals surface area (Å²) in [7, 11) is 0. The zero-order chi connectivity index (χ0) is 16.4. The molecule has 1 aliphatic rings. The van der Waals surface area contributed by atoms with Crippen LogP contribution in [0.3, 0.4) is 0 Å². The van der Waals surface area contributed by atoms with Crippen molar-refractivity contribution >= 4 is 22.7 Å². The normalized spacial score (nSPS) is 15.8. The number of ether oxygens (including phenoxy) is 1. The molecular formula is C17H19N5OS. The SMILES string of the molecule is Nn1c(SCc2cccc3cccnc23)nnc1C1CCOCC1. The quantitative estimate of drug-likeness (QED) is 0.581. The molecule has 6 nitrogen and oxygen atoms in total. The molecule has 1 aliphatic heterocycles. The van der Waals surface area contributed by atoms with Crippen molar-refractivity contribution in [2.45, 2.75) is 29.7 Å². The summed E-state index contributed by atoms with van der Waals surface area (Å²) in [4.78, 5) is 4.49. The van der Waals surface area contributed by atoms with Gasteiger partial charge in [-0.25, -0.2) is 4.68 Å². The van der Waals surface area contributed by atoms with Gasteiger partial charge in [-0.1, -0.05) is 36.0 Å². The molecule has 24 heavy (non-hydrogen) atoms. The van der Waals surface area contributed by atoms with Crippen LogP contribution >= 0.6 is 11.8 Å². The van der Waals surface area contributed by atoms with E-state index in [9.17, 15) is 0 Å². The maximum absolute atomic E-state index is 6.23. The fraction of sp³-hybridized carbons (Fsp3) is 0.353. The highest BCUT2D eigenvalue weighted by Crippen LogP contribution is 2.29. The Morgan fingerprint density at radius 3 is 2.88 bits per heavy atom. The lowest BCUT2D eigenvalue weighted by molar-refractivity contribution is 0.0830. The number of thioether (sulfide) groups is 1. The Labute approximate surface area is 144 Å². The van der Waals surface area contributed by atoms with E-state index in [0.29, 0.717) is 5.92 Å². The van der Waals surface area contributed by atoms with Crippen LogP contribution in [0.15, 0.2) is 41.7 Å². The molecule has 3 heterocycles. The molecule has 0 bridgehead atoms.